The van der Waals surface area contributed by atoms with Crippen LogP contribution in [0.15, 0.2) is 46.8 Å². The van der Waals surface area contributed by atoms with Crippen LogP contribution in [0.4, 0.5) is 13.2 Å². The molecule has 5 nitrogen and oxygen atoms in total. The van der Waals surface area contributed by atoms with Crippen molar-refractivity contribution in [3.8, 4) is 5.75 Å². The average Bonchev–Trinajstić information content (AvgIpc) is 2.71. The predicted octanol–water partition coefficient (Wildman–Crippen LogP) is 5.20. The molecule has 1 aromatic rings. The Labute approximate surface area is 191 Å². The van der Waals surface area contributed by atoms with Crippen molar-refractivity contribution in [3.63, 3.8) is 0 Å². The number of allylic oxidation sites excluding steroid dienone is 3. The van der Waals surface area contributed by atoms with Crippen LogP contribution in [0.25, 0.3) is 0 Å². The third-order valence-corrected chi connectivity index (χ3v) is 6.56. The Kier molecular flexibility index (Phi) is 6.05. The number of rotatable bonds is 3. The van der Waals surface area contributed by atoms with Crippen molar-refractivity contribution in [1.82, 2.24) is 10.2 Å². The molecule has 0 spiro atoms. The summed E-state index contributed by atoms with van der Waals surface area (Å²) in [6, 6.07) is 5.51. The van der Waals surface area contributed by atoms with Gasteiger partial charge < -0.3 is 15.0 Å². The van der Waals surface area contributed by atoms with Gasteiger partial charge in [0.25, 0.3) is 5.91 Å². The molecule has 4 rings (SSSR count). The molecule has 1 fully saturated rings. The second kappa shape index (κ2) is 8.54. The van der Waals surface area contributed by atoms with Gasteiger partial charge in [0.05, 0.1) is 0 Å². The van der Waals surface area contributed by atoms with E-state index in [1.807, 2.05) is 25.7 Å². The van der Waals surface area contributed by atoms with E-state index in [9.17, 15) is 22.8 Å². The number of amides is 1. The number of nitrogens with zero attached hydrogens (tertiary/aromatic N) is 1. The van der Waals surface area contributed by atoms with E-state index in [4.69, 9.17) is 0 Å². The quantitative estimate of drug-likeness (QED) is 0.671. The summed E-state index contributed by atoms with van der Waals surface area (Å²) in [7, 11) is 0. The monoisotopic (exact) mass is 462 g/mol. The molecule has 3 aliphatic rings. The minimum absolute atomic E-state index is 0.0363. The summed E-state index contributed by atoms with van der Waals surface area (Å²) in [5.41, 5.74) is 2.91. The van der Waals surface area contributed by atoms with Crippen LogP contribution in [-0.4, -0.2) is 36.0 Å². The van der Waals surface area contributed by atoms with Crippen molar-refractivity contribution in [3.05, 3.63) is 52.4 Å². The smallest absolute Gasteiger partial charge is 0.406 e. The molecule has 2 aliphatic heterocycles. The lowest BCUT2D eigenvalue weighted by Gasteiger charge is -2.41. The molecular weight excluding hydrogens is 433 g/mol. The number of benzene rings is 1. The second-order valence-corrected chi connectivity index (χ2v) is 9.90. The lowest BCUT2D eigenvalue weighted by atomic mass is 9.68. The van der Waals surface area contributed by atoms with Crippen molar-refractivity contribution in [1.29, 1.82) is 0 Å². The lowest BCUT2D eigenvalue weighted by Crippen LogP contribution is -2.43. The molecule has 1 amide bonds. The van der Waals surface area contributed by atoms with E-state index < -0.39 is 12.3 Å². The topological polar surface area (TPSA) is 58.6 Å². The summed E-state index contributed by atoms with van der Waals surface area (Å²) in [4.78, 5) is 28.8. The lowest BCUT2D eigenvalue weighted by molar-refractivity contribution is -0.274. The van der Waals surface area contributed by atoms with Gasteiger partial charge in [-0.2, -0.15) is 0 Å². The number of hydrogen-bond acceptors (Lipinski definition) is 4. The fourth-order valence-electron chi connectivity index (χ4n) is 5.18. The first-order valence-corrected chi connectivity index (χ1v) is 11.3. The second-order valence-electron chi connectivity index (χ2n) is 9.90. The molecule has 1 aromatic carbocycles. The number of hydrogen-bond donors (Lipinski definition) is 1. The zero-order valence-corrected chi connectivity index (χ0v) is 19.1. The maximum atomic E-state index is 13.6. The molecule has 0 saturated carbocycles. The van der Waals surface area contributed by atoms with E-state index in [-0.39, 0.29) is 22.9 Å². The van der Waals surface area contributed by atoms with Crippen molar-refractivity contribution in [2.24, 2.45) is 5.41 Å². The number of alkyl halides is 3. The first-order chi connectivity index (χ1) is 15.5. The van der Waals surface area contributed by atoms with Gasteiger partial charge in [0.1, 0.15) is 5.75 Å². The number of carbonyl (C=O) groups excluding carboxylic acids is 2. The molecule has 1 atom stereocenters. The number of nitrogens with one attached hydrogen (secondary N) is 1. The molecule has 1 aliphatic carbocycles. The van der Waals surface area contributed by atoms with Gasteiger partial charge in [0, 0.05) is 48.0 Å². The van der Waals surface area contributed by atoms with Crippen LogP contribution < -0.4 is 10.1 Å². The number of piperidine rings is 1. The van der Waals surface area contributed by atoms with E-state index in [1.165, 1.54) is 24.3 Å². The van der Waals surface area contributed by atoms with E-state index in [2.05, 4.69) is 10.1 Å². The fourth-order valence-corrected chi connectivity index (χ4v) is 5.18. The molecule has 1 N–H and O–H groups in total. The highest BCUT2D eigenvalue weighted by Gasteiger charge is 2.43. The summed E-state index contributed by atoms with van der Waals surface area (Å²) in [5.74, 6) is -1.12. The fraction of sp³-hybridized carbons (Fsp3) is 0.520. The largest absolute Gasteiger partial charge is 0.573 e. The van der Waals surface area contributed by atoms with E-state index in [1.54, 1.807) is 0 Å². The molecule has 0 radical (unpaired) electrons. The molecule has 8 heteroatoms. The molecule has 2 heterocycles. The predicted molar refractivity (Wildman–Crippen MR) is 117 cm³/mol. The summed E-state index contributed by atoms with van der Waals surface area (Å²) in [6.45, 7) is 7.21. The molecule has 1 saturated heterocycles. The first kappa shape index (κ1) is 23.4. The van der Waals surface area contributed by atoms with E-state index >= 15 is 0 Å². The number of ketones is 1. The van der Waals surface area contributed by atoms with Crippen molar-refractivity contribution in [2.75, 3.05) is 13.1 Å². The van der Waals surface area contributed by atoms with Crippen LogP contribution >= 0.6 is 0 Å². The Morgan fingerprint density at radius 1 is 1.09 bits per heavy atom. The maximum Gasteiger partial charge on any atom is 0.573 e. The Bertz CT molecular complexity index is 1020. The third-order valence-electron chi connectivity index (χ3n) is 6.56. The zero-order chi connectivity index (χ0) is 24.0. The van der Waals surface area contributed by atoms with Crippen LogP contribution in [0, 0.1) is 5.41 Å². The molecule has 0 unspecified atom stereocenters. The Hall–Kier alpha value is -2.77. The van der Waals surface area contributed by atoms with Gasteiger partial charge in [-0.25, -0.2) is 0 Å². The van der Waals surface area contributed by atoms with Gasteiger partial charge in [-0.15, -0.1) is 13.2 Å². The van der Waals surface area contributed by atoms with Crippen LogP contribution in [0.3, 0.4) is 0 Å². The van der Waals surface area contributed by atoms with Crippen LogP contribution in [0.5, 0.6) is 5.75 Å². The molecular formula is C25H29F3N2O3. The number of halogens is 3. The normalized spacial score (nSPS) is 23.3. The van der Waals surface area contributed by atoms with Crippen LogP contribution in [-0.2, 0) is 9.59 Å². The third kappa shape index (κ3) is 4.94. The minimum Gasteiger partial charge on any atom is -0.406 e. The SMILES string of the molecule is CC1=C(C(=O)N2CCCCC2)[C@@H](c2ccc(OC(F)(F)F)cc2)C2=C(CC(C)(C)CC2=O)N1. The number of carbonyl (C=O) groups is 2. The van der Waals surface area contributed by atoms with Gasteiger partial charge in [-0.3, -0.25) is 9.59 Å². The molecule has 0 bridgehead atoms. The van der Waals surface area contributed by atoms with Crippen molar-refractivity contribution >= 4 is 11.7 Å². The number of dihydropyridines is 1. The maximum absolute atomic E-state index is 13.6. The summed E-state index contributed by atoms with van der Waals surface area (Å²) < 4.78 is 41.9. The Balaban J connectivity index is 1.77. The average molecular weight is 463 g/mol. The highest BCUT2D eigenvalue weighted by molar-refractivity contribution is 6.05. The number of Topliss-reactive ketones (excluding diaryl/α,β-unsaturated/α-hetero) is 1. The Morgan fingerprint density at radius 2 is 1.73 bits per heavy atom. The van der Waals surface area contributed by atoms with Gasteiger partial charge in [-0.1, -0.05) is 26.0 Å². The van der Waals surface area contributed by atoms with Crippen molar-refractivity contribution in [2.45, 2.75) is 65.2 Å². The van der Waals surface area contributed by atoms with Crippen LogP contribution in [0.2, 0.25) is 0 Å². The summed E-state index contributed by atoms with van der Waals surface area (Å²) in [5, 5.41) is 3.33. The minimum atomic E-state index is -4.79. The van der Waals surface area contributed by atoms with Gasteiger partial charge in [0.2, 0.25) is 0 Å². The first-order valence-electron chi connectivity index (χ1n) is 11.3. The molecule has 178 valence electrons. The van der Waals surface area contributed by atoms with Gasteiger partial charge in [-0.05, 0) is 55.7 Å². The highest BCUT2D eigenvalue weighted by atomic mass is 19.4. The summed E-state index contributed by atoms with van der Waals surface area (Å²) in [6.07, 6.45) is -0.844. The highest BCUT2D eigenvalue weighted by Crippen LogP contribution is 2.47. The van der Waals surface area contributed by atoms with Gasteiger partial charge in [0.15, 0.2) is 5.78 Å². The van der Waals surface area contributed by atoms with Crippen molar-refractivity contribution < 1.29 is 27.5 Å². The van der Waals surface area contributed by atoms with Gasteiger partial charge >= 0.3 is 6.36 Å². The number of likely N-dealkylation sites (tertiary alicyclic amines) is 1. The molecule has 33 heavy (non-hydrogen) atoms. The number of ether oxygens (including phenoxy) is 1. The summed E-state index contributed by atoms with van der Waals surface area (Å²) >= 11 is 0. The molecule has 0 aromatic heterocycles. The van der Waals surface area contributed by atoms with Crippen LogP contribution in [0.1, 0.15) is 64.4 Å². The zero-order valence-electron chi connectivity index (χ0n) is 19.1. The van der Waals surface area contributed by atoms with E-state index in [0.29, 0.717) is 48.3 Å². The Morgan fingerprint density at radius 3 is 2.33 bits per heavy atom. The van der Waals surface area contributed by atoms with E-state index in [0.717, 1.165) is 25.0 Å². The standard InChI is InChI=1S/C25H29F3N2O3/c1-15-20(23(32)30-11-5-4-6-12-30)21(16-7-9-17(10-8-16)33-25(26,27)28)22-18(29-15)13-24(2,3)14-19(22)31/h7-10,21,29H,4-6,11-14H2,1-3H3/t21-/m1/s1.